The topological polar surface area (TPSA) is 73.9 Å². The van der Waals surface area contributed by atoms with Gasteiger partial charge in [0.05, 0.1) is 27.8 Å². The third-order valence-corrected chi connectivity index (χ3v) is 3.34. The molecule has 1 aliphatic rings. The molecule has 20 heavy (non-hydrogen) atoms. The van der Waals surface area contributed by atoms with Crippen LogP contribution in [0.3, 0.4) is 0 Å². The molecule has 0 radical (unpaired) electrons. The van der Waals surface area contributed by atoms with Crippen LogP contribution >= 0.6 is 0 Å². The van der Waals surface area contributed by atoms with Gasteiger partial charge in [0.15, 0.2) is 11.5 Å². The van der Waals surface area contributed by atoms with Gasteiger partial charge in [0.1, 0.15) is 0 Å². The average Bonchev–Trinajstić information content (AvgIpc) is 2.45. The molecule has 1 aromatic rings. The summed E-state index contributed by atoms with van der Waals surface area (Å²) in [7, 11) is 4.41. The molecule has 0 aromatic heterocycles. The second kappa shape index (κ2) is 5.81. The highest BCUT2D eigenvalue weighted by molar-refractivity contribution is 5.96. The SMILES string of the molecule is COC(=O)C[C@@H]1CC(=O)Nc2cc(OC)c(OC)cc21. The maximum Gasteiger partial charge on any atom is 0.306 e. The van der Waals surface area contributed by atoms with Crippen LogP contribution in [-0.4, -0.2) is 33.2 Å². The number of ether oxygens (including phenoxy) is 3. The highest BCUT2D eigenvalue weighted by Crippen LogP contribution is 2.41. The number of anilines is 1. The number of fused-ring (bicyclic) bond motifs is 1. The van der Waals surface area contributed by atoms with E-state index in [9.17, 15) is 9.59 Å². The number of hydrogen-bond acceptors (Lipinski definition) is 5. The largest absolute Gasteiger partial charge is 0.493 e. The molecule has 1 heterocycles. The molecular formula is C14H17NO5. The van der Waals surface area contributed by atoms with E-state index in [0.29, 0.717) is 17.2 Å². The lowest BCUT2D eigenvalue weighted by atomic mass is 9.87. The molecule has 6 nitrogen and oxygen atoms in total. The molecule has 0 aliphatic carbocycles. The number of benzene rings is 1. The molecule has 0 saturated heterocycles. The van der Waals surface area contributed by atoms with E-state index in [0.717, 1.165) is 5.56 Å². The van der Waals surface area contributed by atoms with E-state index in [1.54, 1.807) is 19.2 Å². The molecule has 0 spiro atoms. The zero-order valence-electron chi connectivity index (χ0n) is 11.7. The summed E-state index contributed by atoms with van der Waals surface area (Å²) in [5.41, 5.74) is 1.50. The summed E-state index contributed by atoms with van der Waals surface area (Å²) in [5.74, 6) is 0.414. The third kappa shape index (κ3) is 2.68. The number of amides is 1. The van der Waals surface area contributed by atoms with Crippen LogP contribution < -0.4 is 14.8 Å². The summed E-state index contributed by atoms with van der Waals surface area (Å²) in [6.07, 6.45) is 0.407. The Hall–Kier alpha value is -2.24. The Morgan fingerprint density at radius 3 is 2.50 bits per heavy atom. The van der Waals surface area contributed by atoms with E-state index in [-0.39, 0.29) is 30.6 Å². The van der Waals surface area contributed by atoms with E-state index in [1.807, 2.05) is 0 Å². The summed E-state index contributed by atoms with van der Waals surface area (Å²) in [4.78, 5) is 23.2. The molecule has 0 unspecified atom stereocenters. The maximum absolute atomic E-state index is 11.7. The fourth-order valence-corrected chi connectivity index (χ4v) is 2.34. The minimum absolute atomic E-state index is 0.126. The standard InChI is InChI=1S/C14H17NO5/c1-18-11-6-9-8(5-14(17)20-3)4-13(16)15-10(9)7-12(11)19-2/h6-8H,4-5H2,1-3H3,(H,15,16)/t8-/m0/s1. The van der Waals surface area contributed by atoms with E-state index < -0.39 is 0 Å². The van der Waals surface area contributed by atoms with Crippen LogP contribution in [0.15, 0.2) is 12.1 Å². The molecule has 1 aromatic carbocycles. The number of carbonyl (C=O) groups excluding carboxylic acids is 2. The molecule has 0 fully saturated rings. The van der Waals surface area contributed by atoms with Crippen LogP contribution in [0.1, 0.15) is 24.3 Å². The lowest BCUT2D eigenvalue weighted by Crippen LogP contribution is -2.24. The highest BCUT2D eigenvalue weighted by atomic mass is 16.5. The molecule has 6 heteroatoms. The molecular weight excluding hydrogens is 262 g/mol. The van der Waals surface area contributed by atoms with Crippen molar-refractivity contribution in [3.05, 3.63) is 17.7 Å². The predicted octanol–water partition coefficient (Wildman–Crippen LogP) is 1.69. The van der Waals surface area contributed by atoms with Gasteiger partial charge in [0, 0.05) is 24.1 Å². The summed E-state index contributed by atoms with van der Waals surface area (Å²) < 4.78 is 15.1. The number of carbonyl (C=O) groups is 2. The molecule has 108 valence electrons. The van der Waals surface area contributed by atoms with Crippen molar-refractivity contribution in [1.82, 2.24) is 0 Å². The average molecular weight is 279 g/mol. The highest BCUT2D eigenvalue weighted by Gasteiger charge is 2.29. The van der Waals surface area contributed by atoms with Crippen LogP contribution in [0.25, 0.3) is 0 Å². The van der Waals surface area contributed by atoms with Gasteiger partial charge in [0.25, 0.3) is 0 Å². The van der Waals surface area contributed by atoms with Crippen molar-refractivity contribution in [2.24, 2.45) is 0 Å². The zero-order valence-corrected chi connectivity index (χ0v) is 11.7. The smallest absolute Gasteiger partial charge is 0.306 e. The van der Waals surface area contributed by atoms with Gasteiger partial charge in [-0.3, -0.25) is 9.59 Å². The molecule has 1 aliphatic heterocycles. The van der Waals surface area contributed by atoms with Gasteiger partial charge in [-0.1, -0.05) is 0 Å². The van der Waals surface area contributed by atoms with Crippen molar-refractivity contribution < 1.29 is 23.8 Å². The van der Waals surface area contributed by atoms with Crippen LogP contribution in [0.5, 0.6) is 11.5 Å². The van der Waals surface area contributed by atoms with Crippen molar-refractivity contribution in [2.45, 2.75) is 18.8 Å². The minimum Gasteiger partial charge on any atom is -0.493 e. The van der Waals surface area contributed by atoms with Crippen molar-refractivity contribution in [3.8, 4) is 11.5 Å². The molecule has 1 N–H and O–H groups in total. The fourth-order valence-electron chi connectivity index (χ4n) is 2.34. The number of methoxy groups -OCH3 is 3. The minimum atomic E-state index is -0.342. The predicted molar refractivity (Wildman–Crippen MR) is 72.2 cm³/mol. The van der Waals surface area contributed by atoms with Gasteiger partial charge in [-0.2, -0.15) is 0 Å². The Bertz CT molecular complexity index is 541. The lowest BCUT2D eigenvalue weighted by Gasteiger charge is -2.26. The fraction of sp³-hybridized carbons (Fsp3) is 0.429. The Kier molecular flexibility index (Phi) is 4.12. The van der Waals surface area contributed by atoms with Crippen LogP contribution in [-0.2, 0) is 14.3 Å². The Labute approximate surface area is 117 Å². The van der Waals surface area contributed by atoms with Gasteiger partial charge >= 0.3 is 5.97 Å². The summed E-state index contributed by atoms with van der Waals surface area (Å²) in [5, 5.41) is 2.78. The summed E-state index contributed by atoms with van der Waals surface area (Å²) in [6, 6.07) is 3.50. The summed E-state index contributed by atoms with van der Waals surface area (Å²) >= 11 is 0. The van der Waals surface area contributed by atoms with Gasteiger partial charge in [-0.05, 0) is 11.6 Å². The maximum atomic E-state index is 11.7. The van der Waals surface area contributed by atoms with E-state index >= 15 is 0 Å². The number of hydrogen-bond donors (Lipinski definition) is 1. The van der Waals surface area contributed by atoms with E-state index in [1.165, 1.54) is 14.2 Å². The number of esters is 1. The molecule has 2 rings (SSSR count). The third-order valence-electron chi connectivity index (χ3n) is 3.34. The Balaban J connectivity index is 2.42. The molecule has 0 saturated carbocycles. The molecule has 0 bridgehead atoms. The van der Waals surface area contributed by atoms with Gasteiger partial charge in [-0.25, -0.2) is 0 Å². The Morgan fingerprint density at radius 2 is 1.90 bits per heavy atom. The first kappa shape index (κ1) is 14.2. The van der Waals surface area contributed by atoms with Crippen molar-refractivity contribution in [3.63, 3.8) is 0 Å². The molecule has 1 amide bonds. The lowest BCUT2D eigenvalue weighted by molar-refractivity contribution is -0.141. The van der Waals surface area contributed by atoms with E-state index in [4.69, 9.17) is 9.47 Å². The van der Waals surface area contributed by atoms with Crippen molar-refractivity contribution in [1.29, 1.82) is 0 Å². The monoisotopic (exact) mass is 279 g/mol. The van der Waals surface area contributed by atoms with Crippen molar-refractivity contribution in [2.75, 3.05) is 26.6 Å². The van der Waals surface area contributed by atoms with Crippen LogP contribution in [0.2, 0.25) is 0 Å². The first-order valence-corrected chi connectivity index (χ1v) is 6.21. The second-order valence-electron chi connectivity index (χ2n) is 4.52. The normalized spacial score (nSPS) is 16.9. The quantitative estimate of drug-likeness (QED) is 0.849. The van der Waals surface area contributed by atoms with Crippen molar-refractivity contribution >= 4 is 17.6 Å². The van der Waals surface area contributed by atoms with Gasteiger partial charge < -0.3 is 19.5 Å². The van der Waals surface area contributed by atoms with Crippen LogP contribution in [0, 0.1) is 0 Å². The van der Waals surface area contributed by atoms with E-state index in [2.05, 4.69) is 10.1 Å². The number of rotatable bonds is 4. The van der Waals surface area contributed by atoms with Gasteiger partial charge in [-0.15, -0.1) is 0 Å². The zero-order chi connectivity index (χ0) is 14.7. The summed E-state index contributed by atoms with van der Waals surface area (Å²) in [6.45, 7) is 0. The second-order valence-corrected chi connectivity index (χ2v) is 4.52. The first-order chi connectivity index (χ1) is 9.58. The first-order valence-electron chi connectivity index (χ1n) is 6.21. The van der Waals surface area contributed by atoms with Gasteiger partial charge in [0.2, 0.25) is 5.91 Å². The number of nitrogens with one attached hydrogen (secondary N) is 1. The molecule has 1 atom stereocenters. The van der Waals surface area contributed by atoms with Crippen LogP contribution in [0.4, 0.5) is 5.69 Å². The Morgan fingerprint density at radius 1 is 1.25 bits per heavy atom.